The third kappa shape index (κ3) is 1.36. The second-order valence-electron chi connectivity index (χ2n) is 3.15. The summed E-state index contributed by atoms with van der Waals surface area (Å²) in [5, 5.41) is 0. The van der Waals surface area contributed by atoms with Crippen LogP contribution in [-0.4, -0.2) is 9.55 Å². The van der Waals surface area contributed by atoms with Gasteiger partial charge in [0.25, 0.3) is 0 Å². The van der Waals surface area contributed by atoms with Crippen molar-refractivity contribution in [1.82, 2.24) is 9.55 Å². The maximum Gasteiger partial charge on any atom is 0.0947 e. The first kappa shape index (κ1) is 7.28. The summed E-state index contributed by atoms with van der Waals surface area (Å²) in [4.78, 5) is 4.12. The molecule has 0 aromatic carbocycles. The van der Waals surface area contributed by atoms with Gasteiger partial charge >= 0.3 is 0 Å². The average molecular weight is 139 g/mol. The molecule has 0 radical (unpaired) electrons. The fourth-order valence-corrected chi connectivity index (χ4v) is 0.746. The Labute approximate surface area is 60.9 Å². The molecule has 0 aliphatic carbocycles. The lowest BCUT2D eigenvalue weighted by Crippen LogP contribution is -2.28. The zero-order chi connectivity index (χ0) is 7.78. The zero-order valence-electron chi connectivity index (χ0n) is 6.63. The van der Waals surface area contributed by atoms with Crippen LogP contribution in [0.4, 0.5) is 0 Å². The lowest BCUT2D eigenvalue weighted by Gasteiger charge is -2.14. The molecule has 0 atom stereocenters. The Morgan fingerprint density at radius 1 is 1.60 bits per heavy atom. The van der Waals surface area contributed by atoms with Crippen molar-refractivity contribution in [1.29, 1.82) is 0 Å². The highest BCUT2D eigenvalue weighted by molar-refractivity contribution is 5.07. The molecule has 56 valence electrons. The minimum Gasteiger partial charge on any atom is -0.340 e. The molecule has 1 aromatic rings. The summed E-state index contributed by atoms with van der Waals surface area (Å²) in [5.41, 5.74) is 6.40. The van der Waals surface area contributed by atoms with E-state index in [9.17, 15) is 0 Å². The van der Waals surface area contributed by atoms with Gasteiger partial charge in [-0.1, -0.05) is 0 Å². The van der Waals surface area contributed by atoms with Gasteiger partial charge in [-0.3, -0.25) is 0 Å². The summed E-state index contributed by atoms with van der Waals surface area (Å²) in [6.45, 7) is 3.88. The van der Waals surface area contributed by atoms with E-state index in [1.54, 1.807) is 6.33 Å². The third-order valence-corrected chi connectivity index (χ3v) is 1.37. The average Bonchev–Trinajstić information content (AvgIpc) is 2.11. The molecule has 0 spiro atoms. The summed E-state index contributed by atoms with van der Waals surface area (Å²) in [6.07, 6.45) is 3.68. The van der Waals surface area contributed by atoms with Crippen LogP contribution in [0, 0.1) is 0 Å². The molecule has 0 saturated heterocycles. The van der Waals surface area contributed by atoms with Crippen molar-refractivity contribution >= 4 is 0 Å². The molecule has 0 aliphatic rings. The summed E-state index contributed by atoms with van der Waals surface area (Å²) in [5.74, 6) is 0. The SMILES string of the molecule is Cn1cnc(C(C)(C)N)c1. The van der Waals surface area contributed by atoms with Crippen molar-refractivity contribution in [3.8, 4) is 0 Å². The molecule has 0 fully saturated rings. The molecule has 3 nitrogen and oxygen atoms in total. The number of aromatic nitrogens is 2. The predicted octanol–water partition coefficient (Wildman–Crippen LogP) is 0.614. The molecule has 0 unspecified atom stereocenters. The molecule has 0 bridgehead atoms. The molecule has 0 amide bonds. The van der Waals surface area contributed by atoms with Gasteiger partial charge in [0.1, 0.15) is 0 Å². The molecule has 0 aliphatic heterocycles. The highest BCUT2D eigenvalue weighted by Crippen LogP contribution is 2.12. The second kappa shape index (κ2) is 2.09. The summed E-state index contributed by atoms with van der Waals surface area (Å²) in [7, 11) is 1.93. The Hall–Kier alpha value is -0.830. The number of nitrogens with two attached hydrogens (primary N) is 1. The standard InChI is InChI=1S/C7H13N3/c1-7(2,8)6-4-10(3)5-9-6/h4-5H,8H2,1-3H3. The van der Waals surface area contributed by atoms with Crippen molar-refractivity contribution in [3.05, 3.63) is 18.2 Å². The summed E-state index contributed by atoms with van der Waals surface area (Å²) < 4.78 is 1.89. The number of imidazole rings is 1. The van der Waals surface area contributed by atoms with Crippen LogP contribution in [0.1, 0.15) is 19.5 Å². The van der Waals surface area contributed by atoms with E-state index in [1.807, 2.05) is 31.7 Å². The maximum absolute atomic E-state index is 5.79. The van der Waals surface area contributed by atoms with Gasteiger partial charge in [0.2, 0.25) is 0 Å². The first-order chi connectivity index (χ1) is 4.50. The van der Waals surface area contributed by atoms with E-state index in [-0.39, 0.29) is 5.54 Å². The van der Waals surface area contributed by atoms with Gasteiger partial charge in [-0.25, -0.2) is 4.98 Å². The maximum atomic E-state index is 5.79. The van der Waals surface area contributed by atoms with E-state index in [4.69, 9.17) is 5.73 Å². The smallest absolute Gasteiger partial charge is 0.0947 e. The van der Waals surface area contributed by atoms with E-state index in [0.29, 0.717) is 0 Å². The van der Waals surface area contributed by atoms with Gasteiger partial charge in [0.15, 0.2) is 0 Å². The summed E-state index contributed by atoms with van der Waals surface area (Å²) >= 11 is 0. The minimum absolute atomic E-state index is 0.318. The lowest BCUT2D eigenvalue weighted by atomic mass is 10.0. The Balaban J connectivity index is 2.96. The van der Waals surface area contributed by atoms with Crippen LogP contribution >= 0.6 is 0 Å². The number of hydrogen-bond donors (Lipinski definition) is 1. The first-order valence-electron chi connectivity index (χ1n) is 3.27. The number of nitrogens with zero attached hydrogens (tertiary/aromatic N) is 2. The lowest BCUT2D eigenvalue weighted by molar-refractivity contribution is 0.537. The number of hydrogen-bond acceptors (Lipinski definition) is 2. The molecule has 1 rings (SSSR count). The van der Waals surface area contributed by atoms with E-state index in [1.165, 1.54) is 0 Å². The van der Waals surface area contributed by atoms with Gasteiger partial charge in [0, 0.05) is 13.2 Å². The topological polar surface area (TPSA) is 43.8 Å². The fraction of sp³-hybridized carbons (Fsp3) is 0.571. The van der Waals surface area contributed by atoms with Crippen molar-refractivity contribution < 1.29 is 0 Å². The molecule has 2 N–H and O–H groups in total. The molecule has 0 saturated carbocycles. The van der Waals surface area contributed by atoms with Crippen LogP contribution in [0.2, 0.25) is 0 Å². The Bertz CT molecular complexity index is 219. The van der Waals surface area contributed by atoms with Gasteiger partial charge in [0.05, 0.1) is 17.6 Å². The van der Waals surface area contributed by atoms with Crippen LogP contribution in [0.25, 0.3) is 0 Å². The van der Waals surface area contributed by atoms with Crippen LogP contribution in [0.5, 0.6) is 0 Å². The van der Waals surface area contributed by atoms with Crippen molar-refractivity contribution in [2.24, 2.45) is 12.8 Å². The molecule has 1 heterocycles. The van der Waals surface area contributed by atoms with Gasteiger partial charge in [-0.15, -0.1) is 0 Å². The fourth-order valence-electron chi connectivity index (χ4n) is 0.746. The van der Waals surface area contributed by atoms with Crippen molar-refractivity contribution in [2.75, 3.05) is 0 Å². The monoisotopic (exact) mass is 139 g/mol. The van der Waals surface area contributed by atoms with E-state index < -0.39 is 0 Å². The predicted molar refractivity (Wildman–Crippen MR) is 40.4 cm³/mol. The second-order valence-corrected chi connectivity index (χ2v) is 3.15. The largest absolute Gasteiger partial charge is 0.340 e. The van der Waals surface area contributed by atoms with Crippen molar-refractivity contribution in [2.45, 2.75) is 19.4 Å². The Morgan fingerprint density at radius 3 is 2.40 bits per heavy atom. The van der Waals surface area contributed by atoms with Gasteiger partial charge in [-0.05, 0) is 13.8 Å². The van der Waals surface area contributed by atoms with Crippen LogP contribution in [-0.2, 0) is 12.6 Å². The molecule has 10 heavy (non-hydrogen) atoms. The van der Waals surface area contributed by atoms with Crippen LogP contribution < -0.4 is 5.73 Å². The highest BCUT2D eigenvalue weighted by Gasteiger charge is 2.15. The minimum atomic E-state index is -0.318. The molecular formula is C7H13N3. The van der Waals surface area contributed by atoms with Crippen molar-refractivity contribution in [3.63, 3.8) is 0 Å². The Kier molecular flexibility index (Phi) is 1.52. The van der Waals surface area contributed by atoms with Gasteiger partial charge < -0.3 is 10.3 Å². The number of aryl methyl sites for hydroxylation is 1. The zero-order valence-corrected chi connectivity index (χ0v) is 6.63. The third-order valence-electron chi connectivity index (χ3n) is 1.37. The number of rotatable bonds is 1. The molecular weight excluding hydrogens is 126 g/mol. The Morgan fingerprint density at radius 2 is 2.20 bits per heavy atom. The normalized spacial score (nSPS) is 12.0. The van der Waals surface area contributed by atoms with Crippen LogP contribution in [0.3, 0.4) is 0 Å². The van der Waals surface area contributed by atoms with E-state index in [0.717, 1.165) is 5.69 Å². The molecule has 3 heteroatoms. The molecule has 1 aromatic heterocycles. The van der Waals surface area contributed by atoms with E-state index >= 15 is 0 Å². The highest BCUT2D eigenvalue weighted by atomic mass is 15.0. The van der Waals surface area contributed by atoms with E-state index in [2.05, 4.69) is 4.98 Å². The van der Waals surface area contributed by atoms with Gasteiger partial charge in [-0.2, -0.15) is 0 Å². The van der Waals surface area contributed by atoms with Crippen LogP contribution in [0.15, 0.2) is 12.5 Å². The first-order valence-corrected chi connectivity index (χ1v) is 3.27. The summed E-state index contributed by atoms with van der Waals surface area (Å²) in [6, 6.07) is 0. The quantitative estimate of drug-likeness (QED) is 0.619.